The number of hydrogen-bond acceptors (Lipinski definition) is 4. The second-order valence-corrected chi connectivity index (χ2v) is 6.51. The van der Waals surface area contributed by atoms with Crippen LogP contribution in [0.3, 0.4) is 0 Å². The number of carbonyl (C=O) groups is 1. The van der Waals surface area contributed by atoms with Gasteiger partial charge in [0.25, 0.3) is 5.91 Å². The van der Waals surface area contributed by atoms with E-state index in [0.717, 1.165) is 17.1 Å². The predicted octanol–water partition coefficient (Wildman–Crippen LogP) is 2.99. The minimum Gasteiger partial charge on any atom is -0.491 e. The van der Waals surface area contributed by atoms with E-state index in [1.165, 1.54) is 5.56 Å². The van der Waals surface area contributed by atoms with E-state index < -0.39 is 0 Å². The van der Waals surface area contributed by atoms with Crippen molar-refractivity contribution in [3.8, 4) is 11.5 Å². The first kappa shape index (κ1) is 18.3. The quantitative estimate of drug-likeness (QED) is 0.799. The molecule has 0 saturated carbocycles. The van der Waals surface area contributed by atoms with E-state index in [0.29, 0.717) is 26.3 Å². The number of rotatable bonds is 6. The van der Waals surface area contributed by atoms with Crippen molar-refractivity contribution in [1.29, 1.82) is 0 Å². The van der Waals surface area contributed by atoms with Gasteiger partial charge in [-0.25, -0.2) is 0 Å². The number of hydrogen-bond donors (Lipinski definition) is 0. The minimum atomic E-state index is -0.132. The van der Waals surface area contributed by atoms with E-state index >= 15 is 0 Å². The Morgan fingerprint density at radius 1 is 1.12 bits per heavy atom. The van der Waals surface area contributed by atoms with Crippen LogP contribution in [0.1, 0.15) is 11.1 Å². The van der Waals surface area contributed by atoms with Crippen LogP contribution < -0.4 is 9.47 Å². The molecule has 0 aromatic heterocycles. The Morgan fingerprint density at radius 3 is 2.65 bits per heavy atom. The fourth-order valence-electron chi connectivity index (χ4n) is 2.82. The first-order chi connectivity index (χ1) is 12.6. The normalized spacial score (nSPS) is 17.0. The lowest BCUT2D eigenvalue weighted by Gasteiger charge is -2.32. The Bertz CT molecular complexity index is 729. The molecule has 26 heavy (non-hydrogen) atoms. The molecule has 1 fully saturated rings. The number of amides is 1. The zero-order valence-electron chi connectivity index (χ0n) is 15.3. The first-order valence-corrected chi connectivity index (χ1v) is 8.89. The number of aryl methyl sites for hydroxylation is 2. The maximum atomic E-state index is 12.4. The molecular weight excluding hydrogens is 330 g/mol. The maximum Gasteiger partial charge on any atom is 0.260 e. The van der Waals surface area contributed by atoms with Gasteiger partial charge in [0.2, 0.25) is 0 Å². The molecule has 1 amide bonds. The third kappa shape index (κ3) is 4.99. The molecule has 1 unspecified atom stereocenters. The summed E-state index contributed by atoms with van der Waals surface area (Å²) in [4.78, 5) is 14.2. The molecule has 0 radical (unpaired) electrons. The third-order valence-corrected chi connectivity index (χ3v) is 4.39. The Labute approximate surface area is 154 Å². The number of para-hydroxylation sites is 1. The van der Waals surface area contributed by atoms with Gasteiger partial charge < -0.3 is 19.1 Å². The van der Waals surface area contributed by atoms with E-state index in [-0.39, 0.29) is 18.6 Å². The maximum absolute atomic E-state index is 12.4. The molecule has 2 aromatic carbocycles. The van der Waals surface area contributed by atoms with Crippen LogP contribution in [0.5, 0.6) is 11.5 Å². The van der Waals surface area contributed by atoms with Gasteiger partial charge in [0, 0.05) is 6.54 Å². The molecule has 1 aliphatic heterocycles. The Kier molecular flexibility index (Phi) is 6.12. The van der Waals surface area contributed by atoms with Gasteiger partial charge in [-0.15, -0.1) is 0 Å². The smallest absolute Gasteiger partial charge is 0.260 e. The highest BCUT2D eigenvalue weighted by Gasteiger charge is 2.25. The highest BCUT2D eigenvalue weighted by molar-refractivity contribution is 5.78. The fraction of sp³-hybridized carbons (Fsp3) is 0.381. The van der Waals surface area contributed by atoms with Crippen LogP contribution in [0.15, 0.2) is 48.5 Å². The van der Waals surface area contributed by atoms with Gasteiger partial charge >= 0.3 is 0 Å². The molecule has 5 nitrogen and oxygen atoms in total. The molecular formula is C21H25NO4. The van der Waals surface area contributed by atoms with Crippen molar-refractivity contribution in [2.75, 3.05) is 32.9 Å². The summed E-state index contributed by atoms with van der Waals surface area (Å²) in [6.07, 6.45) is -0.132. The molecule has 0 N–H and O–H groups in total. The summed E-state index contributed by atoms with van der Waals surface area (Å²) in [6.45, 7) is 6.07. The van der Waals surface area contributed by atoms with Crippen LogP contribution in [-0.2, 0) is 9.53 Å². The third-order valence-electron chi connectivity index (χ3n) is 4.39. The standard InChI is InChI=1S/C21H25NO4/c1-16-7-9-18(10-8-16)25-14-19-13-22(11-12-24-19)21(23)15-26-20-6-4-3-5-17(20)2/h3-10,19H,11-15H2,1-2H3. The number of benzene rings is 2. The fourth-order valence-corrected chi connectivity index (χ4v) is 2.82. The van der Waals surface area contributed by atoms with E-state index in [1.807, 2.05) is 62.4 Å². The van der Waals surface area contributed by atoms with Gasteiger partial charge in [0.1, 0.15) is 24.2 Å². The summed E-state index contributed by atoms with van der Waals surface area (Å²) in [5.74, 6) is 1.52. The molecule has 3 rings (SSSR count). The zero-order valence-corrected chi connectivity index (χ0v) is 15.3. The van der Waals surface area contributed by atoms with Gasteiger partial charge in [-0.1, -0.05) is 35.9 Å². The van der Waals surface area contributed by atoms with Crippen LogP contribution in [0.4, 0.5) is 0 Å². The minimum absolute atomic E-state index is 0.0307. The van der Waals surface area contributed by atoms with E-state index in [4.69, 9.17) is 14.2 Å². The van der Waals surface area contributed by atoms with Gasteiger partial charge in [-0.2, -0.15) is 0 Å². The average Bonchev–Trinajstić information content (AvgIpc) is 2.67. The number of morpholine rings is 1. The van der Waals surface area contributed by atoms with Gasteiger partial charge in [0.15, 0.2) is 6.61 Å². The molecule has 1 saturated heterocycles. The highest BCUT2D eigenvalue weighted by Crippen LogP contribution is 2.17. The van der Waals surface area contributed by atoms with Crippen LogP contribution in [0, 0.1) is 13.8 Å². The SMILES string of the molecule is Cc1ccc(OCC2CN(C(=O)COc3ccccc3C)CCO2)cc1. The summed E-state index contributed by atoms with van der Waals surface area (Å²) < 4.78 is 17.2. The predicted molar refractivity (Wildman–Crippen MR) is 99.7 cm³/mol. The Hall–Kier alpha value is -2.53. The number of carbonyl (C=O) groups excluding carboxylic acids is 1. The Morgan fingerprint density at radius 2 is 1.88 bits per heavy atom. The van der Waals surface area contributed by atoms with Crippen molar-refractivity contribution >= 4 is 5.91 Å². The van der Waals surface area contributed by atoms with Crippen LogP contribution in [0.25, 0.3) is 0 Å². The molecule has 1 aliphatic rings. The number of ether oxygens (including phenoxy) is 3. The average molecular weight is 355 g/mol. The van der Waals surface area contributed by atoms with Crippen molar-refractivity contribution in [3.63, 3.8) is 0 Å². The summed E-state index contributed by atoms with van der Waals surface area (Å²) in [5, 5.41) is 0. The summed E-state index contributed by atoms with van der Waals surface area (Å²) in [7, 11) is 0. The van der Waals surface area contributed by atoms with Gasteiger partial charge in [-0.3, -0.25) is 4.79 Å². The zero-order chi connectivity index (χ0) is 18.4. The van der Waals surface area contributed by atoms with E-state index in [9.17, 15) is 4.79 Å². The summed E-state index contributed by atoms with van der Waals surface area (Å²) in [5.41, 5.74) is 2.21. The summed E-state index contributed by atoms with van der Waals surface area (Å²) >= 11 is 0. The van der Waals surface area contributed by atoms with E-state index in [2.05, 4.69) is 0 Å². The van der Waals surface area contributed by atoms with Crippen LogP contribution >= 0.6 is 0 Å². The van der Waals surface area contributed by atoms with Crippen molar-refractivity contribution in [1.82, 2.24) is 4.90 Å². The molecule has 0 spiro atoms. The molecule has 1 atom stereocenters. The highest BCUT2D eigenvalue weighted by atomic mass is 16.5. The lowest BCUT2D eigenvalue weighted by atomic mass is 10.2. The van der Waals surface area contributed by atoms with Crippen molar-refractivity contribution in [2.24, 2.45) is 0 Å². The first-order valence-electron chi connectivity index (χ1n) is 8.89. The molecule has 0 bridgehead atoms. The topological polar surface area (TPSA) is 48.0 Å². The summed E-state index contributed by atoms with van der Waals surface area (Å²) in [6, 6.07) is 15.6. The van der Waals surface area contributed by atoms with Crippen molar-refractivity contribution in [2.45, 2.75) is 20.0 Å². The molecule has 0 aliphatic carbocycles. The lowest BCUT2D eigenvalue weighted by Crippen LogP contribution is -2.49. The van der Waals surface area contributed by atoms with Crippen LogP contribution in [-0.4, -0.2) is 49.8 Å². The monoisotopic (exact) mass is 355 g/mol. The Balaban J connectivity index is 1.47. The second-order valence-electron chi connectivity index (χ2n) is 6.51. The van der Waals surface area contributed by atoms with Gasteiger partial charge in [-0.05, 0) is 37.6 Å². The second kappa shape index (κ2) is 8.72. The van der Waals surface area contributed by atoms with Crippen molar-refractivity contribution in [3.05, 3.63) is 59.7 Å². The van der Waals surface area contributed by atoms with Crippen molar-refractivity contribution < 1.29 is 19.0 Å². The molecule has 1 heterocycles. The van der Waals surface area contributed by atoms with Crippen LogP contribution in [0.2, 0.25) is 0 Å². The number of nitrogens with zero attached hydrogens (tertiary/aromatic N) is 1. The largest absolute Gasteiger partial charge is 0.491 e. The lowest BCUT2D eigenvalue weighted by molar-refractivity contribution is -0.142. The molecule has 2 aromatic rings. The van der Waals surface area contributed by atoms with E-state index in [1.54, 1.807) is 4.90 Å². The molecule has 5 heteroatoms. The molecule has 138 valence electrons. The van der Waals surface area contributed by atoms with Gasteiger partial charge in [0.05, 0.1) is 13.2 Å².